The number of carbonyl (C=O) groups is 1. The molecule has 0 spiro atoms. The van der Waals surface area contributed by atoms with Gasteiger partial charge in [-0.25, -0.2) is 0 Å². The summed E-state index contributed by atoms with van der Waals surface area (Å²) in [5.74, 6) is 0.405. The van der Waals surface area contributed by atoms with Crippen LogP contribution in [-0.2, 0) is 14.3 Å². The van der Waals surface area contributed by atoms with E-state index in [1.807, 2.05) is 11.8 Å². The first-order valence-corrected chi connectivity index (χ1v) is 5.75. The van der Waals surface area contributed by atoms with Crippen molar-refractivity contribution in [1.29, 1.82) is 0 Å². The number of amides is 1. The molecule has 16 heavy (non-hydrogen) atoms. The van der Waals surface area contributed by atoms with E-state index < -0.39 is 0 Å². The smallest absolute Gasteiger partial charge is 0.223 e. The molecule has 5 nitrogen and oxygen atoms in total. The minimum absolute atomic E-state index is 0.0380. The van der Waals surface area contributed by atoms with Crippen molar-refractivity contribution in [2.45, 2.75) is 19.4 Å². The molecule has 1 aliphatic heterocycles. The highest BCUT2D eigenvalue weighted by atomic mass is 16.5. The Labute approximate surface area is 96.9 Å². The molecule has 1 fully saturated rings. The zero-order chi connectivity index (χ0) is 12.0. The maximum atomic E-state index is 12.0. The molecule has 94 valence electrons. The van der Waals surface area contributed by atoms with Crippen LogP contribution >= 0.6 is 0 Å². The summed E-state index contributed by atoms with van der Waals surface area (Å²) in [4.78, 5) is 13.9. The number of nitrogens with zero attached hydrogens (tertiary/aromatic N) is 1. The van der Waals surface area contributed by atoms with Gasteiger partial charge in [-0.05, 0) is 5.92 Å². The van der Waals surface area contributed by atoms with Crippen molar-refractivity contribution in [3.63, 3.8) is 0 Å². The van der Waals surface area contributed by atoms with Crippen molar-refractivity contribution < 1.29 is 14.3 Å². The van der Waals surface area contributed by atoms with Crippen LogP contribution in [-0.4, -0.2) is 56.9 Å². The van der Waals surface area contributed by atoms with Gasteiger partial charge in [-0.1, -0.05) is 6.92 Å². The van der Waals surface area contributed by atoms with Crippen LogP contribution in [0.2, 0.25) is 0 Å². The molecule has 2 atom stereocenters. The molecular formula is C11H22N2O3. The van der Waals surface area contributed by atoms with E-state index in [1.54, 1.807) is 7.11 Å². The third-order valence-electron chi connectivity index (χ3n) is 2.79. The van der Waals surface area contributed by atoms with E-state index in [0.717, 1.165) is 0 Å². The van der Waals surface area contributed by atoms with Gasteiger partial charge in [0.1, 0.15) is 0 Å². The van der Waals surface area contributed by atoms with Crippen molar-refractivity contribution in [2.24, 2.45) is 11.7 Å². The first kappa shape index (κ1) is 13.4. The Morgan fingerprint density at radius 1 is 1.69 bits per heavy atom. The minimum Gasteiger partial charge on any atom is -0.384 e. The first-order valence-electron chi connectivity index (χ1n) is 5.75. The Hall–Kier alpha value is -0.650. The van der Waals surface area contributed by atoms with Gasteiger partial charge in [-0.2, -0.15) is 0 Å². The SMILES string of the molecule is COCC(C)CC(=O)N1CCOCC1CN. The molecule has 0 bridgehead atoms. The van der Waals surface area contributed by atoms with E-state index in [4.69, 9.17) is 15.2 Å². The third kappa shape index (κ3) is 3.73. The fraction of sp³-hybridized carbons (Fsp3) is 0.909. The van der Waals surface area contributed by atoms with Gasteiger partial charge < -0.3 is 20.1 Å². The molecule has 1 saturated heterocycles. The molecule has 0 aliphatic carbocycles. The zero-order valence-corrected chi connectivity index (χ0v) is 10.1. The Morgan fingerprint density at radius 2 is 2.44 bits per heavy atom. The summed E-state index contributed by atoms with van der Waals surface area (Å²) in [6.07, 6.45) is 0.518. The average Bonchev–Trinajstić information content (AvgIpc) is 2.29. The number of nitrogens with two attached hydrogens (primary N) is 1. The molecule has 2 unspecified atom stereocenters. The fourth-order valence-electron chi connectivity index (χ4n) is 1.94. The second kappa shape index (κ2) is 6.83. The van der Waals surface area contributed by atoms with E-state index in [0.29, 0.717) is 39.3 Å². The summed E-state index contributed by atoms with van der Waals surface area (Å²) >= 11 is 0. The molecule has 0 radical (unpaired) electrons. The maximum Gasteiger partial charge on any atom is 0.223 e. The van der Waals surface area contributed by atoms with Crippen LogP contribution in [0.5, 0.6) is 0 Å². The van der Waals surface area contributed by atoms with E-state index in [1.165, 1.54) is 0 Å². The highest BCUT2D eigenvalue weighted by Gasteiger charge is 2.26. The molecule has 0 aromatic carbocycles. The first-order chi connectivity index (χ1) is 7.69. The average molecular weight is 230 g/mol. The van der Waals surface area contributed by atoms with Gasteiger partial charge in [0, 0.05) is 33.2 Å². The van der Waals surface area contributed by atoms with Crippen LogP contribution in [0.4, 0.5) is 0 Å². The lowest BCUT2D eigenvalue weighted by atomic mass is 10.1. The highest BCUT2D eigenvalue weighted by molar-refractivity contribution is 5.76. The molecule has 1 aliphatic rings. The molecule has 2 N–H and O–H groups in total. The van der Waals surface area contributed by atoms with Gasteiger partial charge in [0.25, 0.3) is 0 Å². The number of methoxy groups -OCH3 is 1. The molecule has 0 aromatic rings. The van der Waals surface area contributed by atoms with Gasteiger partial charge in [0.2, 0.25) is 5.91 Å². The monoisotopic (exact) mass is 230 g/mol. The number of morpholine rings is 1. The quantitative estimate of drug-likeness (QED) is 0.713. The van der Waals surface area contributed by atoms with Crippen LogP contribution in [0.1, 0.15) is 13.3 Å². The van der Waals surface area contributed by atoms with Crippen molar-refractivity contribution in [2.75, 3.05) is 40.0 Å². The van der Waals surface area contributed by atoms with E-state index in [-0.39, 0.29) is 17.9 Å². The number of carbonyl (C=O) groups excluding carboxylic acids is 1. The number of hydrogen-bond acceptors (Lipinski definition) is 4. The summed E-state index contributed by atoms with van der Waals surface area (Å²) in [5, 5.41) is 0. The third-order valence-corrected chi connectivity index (χ3v) is 2.79. The summed E-state index contributed by atoms with van der Waals surface area (Å²) in [5.41, 5.74) is 5.62. The van der Waals surface area contributed by atoms with Crippen LogP contribution in [0.25, 0.3) is 0 Å². The highest BCUT2D eigenvalue weighted by Crippen LogP contribution is 2.11. The van der Waals surface area contributed by atoms with Gasteiger partial charge in [0.05, 0.1) is 19.3 Å². The van der Waals surface area contributed by atoms with Crippen LogP contribution in [0.3, 0.4) is 0 Å². The van der Waals surface area contributed by atoms with Crippen molar-refractivity contribution in [3.8, 4) is 0 Å². The van der Waals surface area contributed by atoms with Crippen molar-refractivity contribution >= 4 is 5.91 Å². The number of rotatable bonds is 5. The van der Waals surface area contributed by atoms with Gasteiger partial charge in [-0.3, -0.25) is 4.79 Å². The lowest BCUT2D eigenvalue weighted by molar-refractivity contribution is -0.140. The van der Waals surface area contributed by atoms with E-state index in [9.17, 15) is 4.79 Å². The Bertz CT molecular complexity index is 223. The Morgan fingerprint density at radius 3 is 3.06 bits per heavy atom. The standard InChI is InChI=1S/C11H22N2O3/c1-9(7-15-2)5-11(14)13-3-4-16-8-10(13)6-12/h9-10H,3-8,12H2,1-2H3. The molecule has 1 amide bonds. The van der Waals surface area contributed by atoms with Gasteiger partial charge >= 0.3 is 0 Å². The molecule has 1 heterocycles. The van der Waals surface area contributed by atoms with Gasteiger partial charge in [0.15, 0.2) is 0 Å². The molecular weight excluding hydrogens is 208 g/mol. The van der Waals surface area contributed by atoms with E-state index >= 15 is 0 Å². The summed E-state index contributed by atoms with van der Waals surface area (Å²) in [6, 6.07) is 0.0380. The second-order valence-electron chi connectivity index (χ2n) is 4.32. The van der Waals surface area contributed by atoms with E-state index in [2.05, 4.69) is 0 Å². The molecule has 0 aromatic heterocycles. The van der Waals surface area contributed by atoms with Crippen molar-refractivity contribution in [1.82, 2.24) is 4.90 Å². The fourth-order valence-corrected chi connectivity index (χ4v) is 1.94. The molecule has 1 rings (SSSR count). The number of ether oxygens (including phenoxy) is 2. The van der Waals surface area contributed by atoms with Gasteiger partial charge in [-0.15, -0.1) is 0 Å². The lowest BCUT2D eigenvalue weighted by Crippen LogP contribution is -2.52. The van der Waals surface area contributed by atoms with Crippen LogP contribution in [0.15, 0.2) is 0 Å². The normalized spacial score (nSPS) is 23.2. The topological polar surface area (TPSA) is 64.8 Å². The maximum absolute atomic E-state index is 12.0. The predicted molar refractivity (Wildman–Crippen MR) is 61.0 cm³/mol. The zero-order valence-electron chi connectivity index (χ0n) is 10.1. The predicted octanol–water partition coefficient (Wildman–Crippen LogP) is -0.155. The largest absolute Gasteiger partial charge is 0.384 e. The summed E-state index contributed by atoms with van der Waals surface area (Å²) in [6.45, 7) is 4.91. The summed E-state index contributed by atoms with van der Waals surface area (Å²) in [7, 11) is 1.65. The molecule has 0 saturated carbocycles. The lowest BCUT2D eigenvalue weighted by Gasteiger charge is -2.35. The van der Waals surface area contributed by atoms with Crippen molar-refractivity contribution in [3.05, 3.63) is 0 Å². The minimum atomic E-state index is 0.0380. The Kier molecular flexibility index (Phi) is 5.73. The molecule has 5 heteroatoms. The van der Waals surface area contributed by atoms with Crippen LogP contribution < -0.4 is 5.73 Å². The second-order valence-corrected chi connectivity index (χ2v) is 4.32. The Balaban J connectivity index is 2.44. The van der Waals surface area contributed by atoms with Crippen LogP contribution in [0, 0.1) is 5.92 Å². The summed E-state index contributed by atoms with van der Waals surface area (Å²) < 4.78 is 10.3. The number of hydrogen-bond donors (Lipinski definition) is 1.